The maximum atomic E-state index is 11.5. The predicted octanol–water partition coefficient (Wildman–Crippen LogP) is 1.86. The SMILES string of the molecule is NC(=S)CCCCNC(=O)Cc1cccs1. The van der Waals surface area contributed by atoms with Crippen molar-refractivity contribution in [2.75, 3.05) is 6.54 Å². The molecule has 3 nitrogen and oxygen atoms in total. The maximum Gasteiger partial charge on any atom is 0.225 e. The first-order valence-electron chi connectivity index (χ1n) is 5.26. The predicted molar refractivity (Wildman–Crippen MR) is 71.7 cm³/mol. The van der Waals surface area contributed by atoms with Crippen molar-refractivity contribution >= 4 is 34.5 Å². The van der Waals surface area contributed by atoms with Crippen molar-refractivity contribution in [3.8, 4) is 0 Å². The number of nitrogens with two attached hydrogens (primary N) is 1. The smallest absolute Gasteiger partial charge is 0.225 e. The van der Waals surface area contributed by atoms with Crippen LogP contribution in [0.3, 0.4) is 0 Å². The average Bonchev–Trinajstić information content (AvgIpc) is 2.69. The average molecular weight is 256 g/mol. The number of thiocarbonyl (C=S) groups is 1. The Bertz CT molecular complexity index is 336. The van der Waals surface area contributed by atoms with Gasteiger partial charge in [0.2, 0.25) is 5.91 Å². The van der Waals surface area contributed by atoms with Gasteiger partial charge < -0.3 is 11.1 Å². The van der Waals surface area contributed by atoms with E-state index in [4.69, 9.17) is 18.0 Å². The zero-order chi connectivity index (χ0) is 11.8. The van der Waals surface area contributed by atoms with Gasteiger partial charge in [0, 0.05) is 11.4 Å². The van der Waals surface area contributed by atoms with E-state index in [-0.39, 0.29) is 5.91 Å². The molecule has 0 aromatic carbocycles. The van der Waals surface area contributed by atoms with Gasteiger partial charge in [-0.1, -0.05) is 18.3 Å². The molecule has 1 rings (SSSR count). The highest BCUT2D eigenvalue weighted by atomic mass is 32.1. The third-order valence-corrected chi connectivity index (χ3v) is 3.17. The summed E-state index contributed by atoms with van der Waals surface area (Å²) in [6, 6.07) is 3.92. The van der Waals surface area contributed by atoms with Crippen LogP contribution in [0.1, 0.15) is 24.1 Å². The second-order valence-electron chi connectivity index (χ2n) is 3.53. The fraction of sp³-hybridized carbons (Fsp3) is 0.455. The Balaban J connectivity index is 2.05. The van der Waals surface area contributed by atoms with Crippen molar-refractivity contribution in [2.45, 2.75) is 25.7 Å². The van der Waals surface area contributed by atoms with Gasteiger partial charge >= 0.3 is 0 Å². The molecule has 0 saturated heterocycles. The van der Waals surface area contributed by atoms with Gasteiger partial charge in [0.05, 0.1) is 11.4 Å². The highest BCUT2D eigenvalue weighted by molar-refractivity contribution is 7.80. The summed E-state index contributed by atoms with van der Waals surface area (Å²) in [5.41, 5.74) is 5.37. The molecule has 0 aliphatic heterocycles. The second-order valence-corrected chi connectivity index (χ2v) is 5.09. The van der Waals surface area contributed by atoms with Crippen LogP contribution >= 0.6 is 23.6 Å². The first-order chi connectivity index (χ1) is 7.68. The van der Waals surface area contributed by atoms with Crippen LogP contribution in [0.25, 0.3) is 0 Å². The lowest BCUT2D eigenvalue weighted by Gasteiger charge is -2.03. The molecule has 1 amide bonds. The summed E-state index contributed by atoms with van der Waals surface area (Å²) in [6.45, 7) is 0.701. The molecule has 88 valence electrons. The normalized spacial score (nSPS) is 10.0. The van der Waals surface area contributed by atoms with E-state index in [0.717, 1.165) is 24.1 Å². The number of carbonyl (C=O) groups is 1. The van der Waals surface area contributed by atoms with E-state index in [1.165, 1.54) is 0 Å². The molecule has 1 heterocycles. The minimum atomic E-state index is 0.0813. The summed E-state index contributed by atoms with van der Waals surface area (Å²) in [5.74, 6) is 0.0813. The second kappa shape index (κ2) is 7.35. The fourth-order valence-corrected chi connectivity index (χ4v) is 2.13. The quantitative estimate of drug-likeness (QED) is 0.578. The topological polar surface area (TPSA) is 55.1 Å². The Hall–Kier alpha value is -0.940. The molecule has 16 heavy (non-hydrogen) atoms. The molecule has 0 bridgehead atoms. The Kier molecular flexibility index (Phi) is 6.03. The van der Waals surface area contributed by atoms with E-state index in [9.17, 15) is 4.79 Å². The van der Waals surface area contributed by atoms with Gasteiger partial charge in [-0.2, -0.15) is 0 Å². The molecule has 0 unspecified atom stereocenters. The van der Waals surface area contributed by atoms with Crippen molar-refractivity contribution in [3.63, 3.8) is 0 Å². The van der Waals surface area contributed by atoms with Crippen molar-refractivity contribution in [2.24, 2.45) is 5.73 Å². The lowest BCUT2D eigenvalue weighted by molar-refractivity contribution is -0.120. The Morgan fingerprint density at radius 2 is 2.31 bits per heavy atom. The summed E-state index contributed by atoms with van der Waals surface area (Å²) >= 11 is 6.37. The highest BCUT2D eigenvalue weighted by Crippen LogP contribution is 2.08. The molecule has 0 radical (unpaired) electrons. The number of thiophene rings is 1. The van der Waals surface area contributed by atoms with Gasteiger partial charge in [0.25, 0.3) is 0 Å². The maximum absolute atomic E-state index is 11.5. The summed E-state index contributed by atoms with van der Waals surface area (Å²) in [5, 5.41) is 4.86. The van der Waals surface area contributed by atoms with E-state index in [0.29, 0.717) is 18.0 Å². The Labute approximate surface area is 105 Å². The minimum absolute atomic E-state index is 0.0813. The van der Waals surface area contributed by atoms with Crippen LogP contribution < -0.4 is 11.1 Å². The third-order valence-electron chi connectivity index (χ3n) is 2.09. The van der Waals surface area contributed by atoms with Crippen LogP contribution in [0.5, 0.6) is 0 Å². The minimum Gasteiger partial charge on any atom is -0.393 e. The summed E-state index contributed by atoms with van der Waals surface area (Å²) in [6.07, 6.45) is 3.10. The van der Waals surface area contributed by atoms with Crippen LogP contribution in [0.4, 0.5) is 0 Å². The summed E-state index contributed by atoms with van der Waals surface area (Å²) in [7, 11) is 0. The molecule has 0 aliphatic rings. The molecule has 3 N–H and O–H groups in total. The molecular weight excluding hydrogens is 240 g/mol. The number of nitrogens with one attached hydrogen (secondary N) is 1. The Morgan fingerprint density at radius 1 is 1.50 bits per heavy atom. The van der Waals surface area contributed by atoms with E-state index in [1.807, 2.05) is 17.5 Å². The number of carbonyl (C=O) groups excluding carboxylic acids is 1. The number of hydrogen-bond acceptors (Lipinski definition) is 3. The zero-order valence-corrected chi connectivity index (χ0v) is 10.7. The van der Waals surface area contributed by atoms with Gasteiger partial charge in [0.1, 0.15) is 0 Å². The number of amides is 1. The monoisotopic (exact) mass is 256 g/mol. The van der Waals surface area contributed by atoms with Crippen molar-refractivity contribution < 1.29 is 4.79 Å². The van der Waals surface area contributed by atoms with Gasteiger partial charge in [-0.15, -0.1) is 11.3 Å². The van der Waals surface area contributed by atoms with Crippen LogP contribution in [0.15, 0.2) is 17.5 Å². The van der Waals surface area contributed by atoms with E-state index in [2.05, 4.69) is 5.32 Å². The molecule has 0 spiro atoms. The van der Waals surface area contributed by atoms with Gasteiger partial charge in [-0.05, 0) is 30.7 Å². The van der Waals surface area contributed by atoms with Crippen molar-refractivity contribution in [1.82, 2.24) is 5.32 Å². The lowest BCUT2D eigenvalue weighted by Crippen LogP contribution is -2.25. The van der Waals surface area contributed by atoms with Crippen LogP contribution in [-0.2, 0) is 11.2 Å². The molecular formula is C11H16N2OS2. The van der Waals surface area contributed by atoms with E-state index in [1.54, 1.807) is 11.3 Å². The summed E-state index contributed by atoms with van der Waals surface area (Å²) < 4.78 is 0. The van der Waals surface area contributed by atoms with Crippen molar-refractivity contribution in [3.05, 3.63) is 22.4 Å². The molecule has 0 atom stereocenters. The first kappa shape index (κ1) is 13.1. The van der Waals surface area contributed by atoms with Gasteiger partial charge in [-0.3, -0.25) is 4.79 Å². The van der Waals surface area contributed by atoms with E-state index < -0.39 is 0 Å². The molecule has 1 aromatic heterocycles. The molecule has 0 saturated carbocycles. The van der Waals surface area contributed by atoms with Gasteiger partial charge in [0.15, 0.2) is 0 Å². The highest BCUT2D eigenvalue weighted by Gasteiger charge is 2.02. The molecule has 0 aliphatic carbocycles. The standard InChI is InChI=1S/C11H16N2OS2/c12-10(15)5-1-2-6-13-11(14)8-9-4-3-7-16-9/h3-4,7H,1-2,5-6,8H2,(H2,12,15)(H,13,14). The largest absolute Gasteiger partial charge is 0.393 e. The van der Waals surface area contributed by atoms with Crippen LogP contribution in [-0.4, -0.2) is 17.4 Å². The van der Waals surface area contributed by atoms with Crippen LogP contribution in [0, 0.1) is 0 Å². The number of rotatable bonds is 7. The third kappa shape index (κ3) is 5.82. The van der Waals surface area contributed by atoms with Crippen molar-refractivity contribution in [1.29, 1.82) is 0 Å². The molecule has 1 aromatic rings. The molecule has 0 fully saturated rings. The Morgan fingerprint density at radius 3 is 2.94 bits per heavy atom. The van der Waals surface area contributed by atoms with Crippen LogP contribution in [0.2, 0.25) is 0 Å². The number of hydrogen-bond donors (Lipinski definition) is 2. The zero-order valence-electron chi connectivity index (χ0n) is 9.07. The first-order valence-corrected chi connectivity index (χ1v) is 6.54. The van der Waals surface area contributed by atoms with Gasteiger partial charge in [-0.25, -0.2) is 0 Å². The number of unbranched alkanes of at least 4 members (excludes halogenated alkanes) is 1. The fourth-order valence-electron chi connectivity index (χ4n) is 1.29. The van der Waals surface area contributed by atoms with E-state index >= 15 is 0 Å². The molecule has 5 heteroatoms. The lowest BCUT2D eigenvalue weighted by atomic mass is 10.2. The summed E-state index contributed by atoms with van der Waals surface area (Å²) in [4.78, 5) is 13.1.